The number of nitrogens with zero attached hydrogens (tertiary/aromatic N) is 1. The van der Waals surface area contributed by atoms with E-state index in [0.29, 0.717) is 37.1 Å². The normalized spacial score (nSPS) is 28.9. The summed E-state index contributed by atoms with van der Waals surface area (Å²) >= 11 is 0. The fraction of sp³-hybridized carbons (Fsp3) is 0.667. The zero-order valence-electron chi connectivity index (χ0n) is 25.8. The van der Waals surface area contributed by atoms with Crippen LogP contribution in [-0.2, 0) is 25.6 Å². The van der Waals surface area contributed by atoms with Crippen molar-refractivity contribution in [2.45, 2.75) is 102 Å². The quantitative estimate of drug-likeness (QED) is 0.112. The van der Waals surface area contributed by atoms with Crippen LogP contribution in [0, 0.1) is 28.6 Å². The zero-order chi connectivity index (χ0) is 31.5. The van der Waals surface area contributed by atoms with E-state index >= 15 is 0 Å². The van der Waals surface area contributed by atoms with Gasteiger partial charge in [-0.05, 0) is 106 Å². The van der Waals surface area contributed by atoms with Gasteiger partial charge in [0.05, 0.1) is 6.04 Å². The second-order valence-corrected chi connectivity index (χ2v) is 14.1. The van der Waals surface area contributed by atoms with Gasteiger partial charge in [0.1, 0.15) is 11.6 Å². The maximum Gasteiger partial charge on any atom is 0.326 e. The van der Waals surface area contributed by atoms with Crippen molar-refractivity contribution in [1.82, 2.24) is 20.9 Å². The van der Waals surface area contributed by atoms with E-state index in [1.807, 2.05) is 30.3 Å². The SMILES string of the molecule is C[C@](Cc1ccccc1)(C(=O)N[C@@H](CCCNC(=N)N)C(=O)O)N(C(=O)CC12CC3CC(CC(C3)C1)C2)C(=O)[C@@H]1CCCN1. The summed E-state index contributed by atoms with van der Waals surface area (Å²) in [7, 11) is 0. The molecule has 1 heterocycles. The fourth-order valence-corrected chi connectivity index (χ4v) is 8.95. The molecule has 11 nitrogen and oxygen atoms in total. The standard InChI is InChI=1S/C33H48N6O5/c1-32(16-21-7-3-2-4-8-21,30(44)38-26(29(42)43)10-6-12-37-31(34)35)39(28(41)25-9-5-11-36-25)27(40)20-33-17-22-13-23(18-33)15-24(14-22)19-33/h2-4,7-8,22-26,36H,5-6,9-20H2,1H3,(H,38,44)(H,42,43)(H4,34,35,37)/t22?,23?,24?,25-,26-,32-,33?/m0/s1. The van der Waals surface area contributed by atoms with Gasteiger partial charge in [0.2, 0.25) is 17.7 Å². The molecule has 1 aromatic carbocycles. The van der Waals surface area contributed by atoms with Gasteiger partial charge in [0.25, 0.3) is 0 Å². The number of nitrogens with two attached hydrogens (primary N) is 1. The summed E-state index contributed by atoms with van der Waals surface area (Å²) in [6.07, 6.45) is 8.75. The lowest BCUT2D eigenvalue weighted by Crippen LogP contribution is -2.66. The van der Waals surface area contributed by atoms with Crippen molar-refractivity contribution in [2.24, 2.45) is 28.9 Å². The highest BCUT2D eigenvalue weighted by molar-refractivity contribution is 6.05. The monoisotopic (exact) mass is 608 g/mol. The van der Waals surface area contributed by atoms with Gasteiger partial charge >= 0.3 is 5.97 Å². The highest BCUT2D eigenvalue weighted by Crippen LogP contribution is 2.61. The molecule has 240 valence electrons. The molecule has 0 radical (unpaired) electrons. The van der Waals surface area contributed by atoms with Crippen molar-refractivity contribution < 1.29 is 24.3 Å². The first-order valence-electron chi connectivity index (χ1n) is 16.2. The Kier molecular flexibility index (Phi) is 9.62. The first kappa shape index (κ1) is 31.9. The highest BCUT2D eigenvalue weighted by Gasteiger charge is 2.55. The van der Waals surface area contributed by atoms with Crippen LogP contribution in [0.15, 0.2) is 30.3 Å². The van der Waals surface area contributed by atoms with Crippen LogP contribution < -0.4 is 21.7 Å². The van der Waals surface area contributed by atoms with E-state index in [2.05, 4.69) is 16.0 Å². The van der Waals surface area contributed by atoms with Crippen LogP contribution in [0.5, 0.6) is 0 Å². The second kappa shape index (κ2) is 13.3. The molecule has 5 aliphatic rings. The molecule has 7 N–H and O–H groups in total. The number of nitrogens with one attached hydrogen (secondary N) is 4. The van der Waals surface area contributed by atoms with Gasteiger partial charge in [0.15, 0.2) is 5.96 Å². The number of carbonyl (C=O) groups excluding carboxylic acids is 3. The molecule has 3 atom stereocenters. The van der Waals surface area contributed by atoms with Gasteiger partial charge in [0, 0.05) is 19.4 Å². The van der Waals surface area contributed by atoms with Gasteiger partial charge in [-0.2, -0.15) is 0 Å². The molecule has 4 aliphatic carbocycles. The van der Waals surface area contributed by atoms with Crippen molar-refractivity contribution in [2.75, 3.05) is 13.1 Å². The summed E-state index contributed by atoms with van der Waals surface area (Å²) < 4.78 is 0. The molecule has 4 saturated carbocycles. The van der Waals surface area contributed by atoms with Gasteiger partial charge in [-0.25, -0.2) is 4.79 Å². The Morgan fingerprint density at radius 1 is 1.11 bits per heavy atom. The van der Waals surface area contributed by atoms with E-state index in [0.717, 1.165) is 31.2 Å². The predicted molar refractivity (Wildman–Crippen MR) is 165 cm³/mol. The Labute approximate surface area is 259 Å². The second-order valence-electron chi connectivity index (χ2n) is 14.1. The average molecular weight is 609 g/mol. The van der Waals surface area contributed by atoms with Crippen LogP contribution in [0.1, 0.15) is 83.1 Å². The minimum atomic E-state index is -1.66. The maximum atomic E-state index is 14.6. The zero-order valence-corrected chi connectivity index (χ0v) is 25.8. The number of imide groups is 1. The van der Waals surface area contributed by atoms with Crippen LogP contribution in [0.4, 0.5) is 0 Å². The Morgan fingerprint density at radius 2 is 1.75 bits per heavy atom. The topological polar surface area (TPSA) is 178 Å². The lowest BCUT2D eigenvalue weighted by Gasteiger charge is -2.57. The number of hydrogen-bond acceptors (Lipinski definition) is 6. The molecule has 0 aromatic heterocycles. The molecule has 0 spiro atoms. The third-order valence-corrected chi connectivity index (χ3v) is 10.5. The largest absolute Gasteiger partial charge is 0.480 e. The summed E-state index contributed by atoms with van der Waals surface area (Å²) in [6, 6.07) is 7.44. The summed E-state index contributed by atoms with van der Waals surface area (Å²) in [5.41, 5.74) is 4.30. The maximum absolute atomic E-state index is 14.6. The minimum absolute atomic E-state index is 0.0585. The van der Waals surface area contributed by atoms with Crippen LogP contribution in [0.3, 0.4) is 0 Å². The Balaban J connectivity index is 1.46. The van der Waals surface area contributed by atoms with Crippen molar-refractivity contribution in [3.63, 3.8) is 0 Å². The first-order chi connectivity index (χ1) is 21.0. The third kappa shape index (κ3) is 7.08. The molecule has 11 heteroatoms. The summed E-state index contributed by atoms with van der Waals surface area (Å²) in [4.78, 5) is 56.7. The van der Waals surface area contributed by atoms with Crippen molar-refractivity contribution in [3.05, 3.63) is 35.9 Å². The first-order valence-corrected chi connectivity index (χ1v) is 16.2. The molecular formula is C33H48N6O5. The lowest BCUT2D eigenvalue weighted by atomic mass is 9.49. The Hall–Kier alpha value is -3.47. The predicted octanol–water partition coefficient (Wildman–Crippen LogP) is 2.53. The van der Waals surface area contributed by atoms with Crippen molar-refractivity contribution in [1.29, 1.82) is 5.41 Å². The number of rotatable bonds is 13. The minimum Gasteiger partial charge on any atom is -0.480 e. The van der Waals surface area contributed by atoms with Crippen LogP contribution in [0.25, 0.3) is 0 Å². The number of amides is 3. The number of benzene rings is 1. The van der Waals surface area contributed by atoms with E-state index < -0.39 is 35.4 Å². The smallest absolute Gasteiger partial charge is 0.326 e. The summed E-state index contributed by atoms with van der Waals surface area (Å²) in [5, 5.41) is 25.9. The number of guanidine groups is 1. The molecular weight excluding hydrogens is 560 g/mol. The molecule has 1 aromatic rings. The number of carboxylic acid groups (broad SMARTS) is 1. The molecule has 4 bridgehead atoms. The molecule has 3 amide bonds. The average Bonchev–Trinajstić information content (AvgIpc) is 3.49. The van der Waals surface area contributed by atoms with E-state index in [1.54, 1.807) is 6.92 Å². The molecule has 0 unspecified atom stereocenters. The number of carbonyl (C=O) groups is 4. The van der Waals surface area contributed by atoms with E-state index in [1.165, 1.54) is 24.2 Å². The number of carboxylic acids is 1. The Morgan fingerprint density at radius 3 is 2.30 bits per heavy atom. The van der Waals surface area contributed by atoms with Crippen molar-refractivity contribution in [3.8, 4) is 0 Å². The third-order valence-electron chi connectivity index (χ3n) is 10.5. The fourth-order valence-electron chi connectivity index (χ4n) is 8.95. The summed E-state index contributed by atoms with van der Waals surface area (Å²) in [5.74, 6) is -0.965. The van der Waals surface area contributed by atoms with Crippen LogP contribution >= 0.6 is 0 Å². The summed E-state index contributed by atoms with van der Waals surface area (Å²) in [6.45, 7) is 2.54. The van der Waals surface area contributed by atoms with Gasteiger partial charge in [-0.15, -0.1) is 0 Å². The van der Waals surface area contributed by atoms with E-state index in [4.69, 9.17) is 11.1 Å². The van der Waals surface area contributed by atoms with Gasteiger partial charge < -0.3 is 26.8 Å². The van der Waals surface area contributed by atoms with Crippen LogP contribution in [0.2, 0.25) is 0 Å². The van der Waals surface area contributed by atoms with Gasteiger partial charge in [-0.1, -0.05) is 30.3 Å². The lowest BCUT2D eigenvalue weighted by molar-refractivity contribution is -0.163. The molecule has 5 fully saturated rings. The molecule has 1 aliphatic heterocycles. The van der Waals surface area contributed by atoms with Gasteiger partial charge in [-0.3, -0.25) is 24.7 Å². The van der Waals surface area contributed by atoms with Crippen LogP contribution in [-0.4, -0.2) is 70.4 Å². The number of aliphatic carboxylic acids is 1. The Bertz CT molecular complexity index is 1210. The van der Waals surface area contributed by atoms with E-state index in [9.17, 15) is 24.3 Å². The molecule has 44 heavy (non-hydrogen) atoms. The molecule has 6 rings (SSSR count). The highest BCUT2D eigenvalue weighted by atomic mass is 16.4. The number of hydrogen-bond donors (Lipinski definition) is 6. The van der Waals surface area contributed by atoms with E-state index in [-0.39, 0.29) is 43.1 Å². The molecule has 1 saturated heterocycles. The van der Waals surface area contributed by atoms with Crippen molar-refractivity contribution >= 4 is 29.7 Å².